The highest BCUT2D eigenvalue weighted by Crippen LogP contribution is 2.45. The van der Waals surface area contributed by atoms with Crippen LogP contribution in [0.2, 0.25) is 0 Å². The average Bonchev–Trinajstić information content (AvgIpc) is 0.910. The maximum absolute atomic E-state index is 13.1. The SMILES string of the molecule is CCCCCC/C=C\C=C/CCCCCCCC(=O)OC[C@H](COP(=O)(O)OC[C@@H](O)COP(=O)(O)OC[C@@H](COC(=O)CCCCCCCCCCCCCCC)OC(=O)CCCCCCCCCCCCC(C)CC)OC(=O)CCCCCCCCCCCCCCCCCCCCCCCC. The molecule has 0 aromatic heterocycles. The molecule has 614 valence electrons. The van der Waals surface area contributed by atoms with E-state index in [0.29, 0.717) is 25.7 Å². The van der Waals surface area contributed by atoms with Gasteiger partial charge in [0.25, 0.3) is 0 Å². The van der Waals surface area contributed by atoms with Crippen molar-refractivity contribution in [3.8, 4) is 0 Å². The topological polar surface area (TPSA) is 237 Å². The summed E-state index contributed by atoms with van der Waals surface area (Å²) in [6, 6.07) is 0. The van der Waals surface area contributed by atoms with E-state index in [1.807, 2.05) is 0 Å². The molecule has 0 aromatic rings. The van der Waals surface area contributed by atoms with Gasteiger partial charge in [-0.1, -0.05) is 380 Å². The molecule has 0 heterocycles. The van der Waals surface area contributed by atoms with Crippen molar-refractivity contribution in [2.75, 3.05) is 39.6 Å². The Hall–Kier alpha value is -2.46. The number of hydrogen-bond donors (Lipinski definition) is 3. The Balaban J connectivity index is 5.27. The zero-order chi connectivity index (χ0) is 76.2. The summed E-state index contributed by atoms with van der Waals surface area (Å²) in [5.41, 5.74) is 0. The minimum Gasteiger partial charge on any atom is -0.462 e. The van der Waals surface area contributed by atoms with Gasteiger partial charge < -0.3 is 33.8 Å². The van der Waals surface area contributed by atoms with E-state index in [-0.39, 0.29) is 25.7 Å². The number of unbranched alkanes of at least 4 members (excludes halogenated alkanes) is 51. The highest BCUT2D eigenvalue weighted by molar-refractivity contribution is 7.47. The van der Waals surface area contributed by atoms with E-state index in [1.165, 1.54) is 238 Å². The quantitative estimate of drug-likeness (QED) is 0.0169. The fourth-order valence-electron chi connectivity index (χ4n) is 12.7. The zero-order valence-corrected chi connectivity index (χ0v) is 69.4. The van der Waals surface area contributed by atoms with Crippen molar-refractivity contribution in [1.82, 2.24) is 0 Å². The molecule has 0 aliphatic rings. The number of phosphoric ester groups is 2. The second-order valence-corrected chi connectivity index (χ2v) is 33.0. The summed E-state index contributed by atoms with van der Waals surface area (Å²) in [6.07, 6.45) is 72.9. The van der Waals surface area contributed by atoms with Gasteiger partial charge in [-0.3, -0.25) is 37.3 Å². The molecule has 0 saturated carbocycles. The van der Waals surface area contributed by atoms with Gasteiger partial charge in [0, 0.05) is 25.7 Å². The van der Waals surface area contributed by atoms with E-state index in [0.717, 1.165) is 115 Å². The van der Waals surface area contributed by atoms with Crippen molar-refractivity contribution in [3.05, 3.63) is 24.3 Å². The molecule has 17 nitrogen and oxygen atoms in total. The predicted molar refractivity (Wildman–Crippen MR) is 428 cm³/mol. The Kier molecular flexibility index (Phi) is 75.4. The second kappa shape index (κ2) is 77.3. The van der Waals surface area contributed by atoms with Gasteiger partial charge in [-0.05, 0) is 57.3 Å². The lowest BCUT2D eigenvalue weighted by Crippen LogP contribution is -2.30. The molecule has 0 rings (SSSR count). The number of rotatable bonds is 83. The minimum atomic E-state index is -4.97. The maximum Gasteiger partial charge on any atom is 0.472 e. The summed E-state index contributed by atoms with van der Waals surface area (Å²) >= 11 is 0. The van der Waals surface area contributed by atoms with Crippen LogP contribution >= 0.6 is 15.6 Å². The second-order valence-electron chi connectivity index (χ2n) is 30.1. The van der Waals surface area contributed by atoms with Crippen molar-refractivity contribution >= 4 is 39.5 Å². The highest BCUT2D eigenvalue weighted by Gasteiger charge is 2.30. The van der Waals surface area contributed by atoms with Gasteiger partial charge in [-0.2, -0.15) is 0 Å². The first-order valence-corrected chi connectivity index (χ1v) is 46.5. The Bertz CT molecular complexity index is 2080. The van der Waals surface area contributed by atoms with E-state index in [4.69, 9.17) is 37.0 Å². The van der Waals surface area contributed by atoms with Gasteiger partial charge in [0.15, 0.2) is 12.2 Å². The molecule has 0 saturated heterocycles. The number of aliphatic hydroxyl groups is 1. The summed E-state index contributed by atoms with van der Waals surface area (Å²) in [4.78, 5) is 73.2. The van der Waals surface area contributed by atoms with Crippen LogP contribution in [0, 0.1) is 5.92 Å². The lowest BCUT2D eigenvalue weighted by atomic mass is 9.99. The van der Waals surface area contributed by atoms with Crippen molar-refractivity contribution in [3.63, 3.8) is 0 Å². The average molecular weight is 1520 g/mol. The third-order valence-corrected chi connectivity index (χ3v) is 21.7. The first kappa shape index (κ1) is 102. The molecule has 0 radical (unpaired) electrons. The summed E-state index contributed by atoms with van der Waals surface area (Å²) in [6.45, 7) is 7.31. The van der Waals surface area contributed by atoms with Crippen LogP contribution in [0.3, 0.4) is 0 Å². The monoisotopic (exact) mass is 1520 g/mol. The molecule has 0 aliphatic carbocycles. The van der Waals surface area contributed by atoms with Crippen LogP contribution in [-0.4, -0.2) is 96.7 Å². The number of phosphoric acid groups is 2. The van der Waals surface area contributed by atoms with Gasteiger partial charge in [0.2, 0.25) is 0 Å². The van der Waals surface area contributed by atoms with E-state index >= 15 is 0 Å². The van der Waals surface area contributed by atoms with E-state index in [1.54, 1.807) is 0 Å². The molecule has 0 fully saturated rings. The first-order chi connectivity index (χ1) is 50.6. The molecule has 3 N–H and O–H groups in total. The van der Waals surface area contributed by atoms with E-state index in [9.17, 15) is 43.2 Å². The lowest BCUT2D eigenvalue weighted by Gasteiger charge is -2.21. The van der Waals surface area contributed by atoms with Gasteiger partial charge in [-0.15, -0.1) is 0 Å². The van der Waals surface area contributed by atoms with Crippen LogP contribution in [-0.2, 0) is 65.4 Å². The summed E-state index contributed by atoms with van der Waals surface area (Å²) in [7, 11) is -9.94. The highest BCUT2D eigenvalue weighted by atomic mass is 31.2. The molecule has 0 amide bonds. The standard InChI is InChI=1S/C85H162O17P2/c1-6-10-13-16-19-22-25-28-30-31-32-33-34-35-36-38-41-44-50-55-60-65-70-84(89)101-80(74-96-83(88)69-64-59-54-49-43-40-37-29-26-23-20-17-14-11-7-2)76-99-103(91,92)97-72-79(86)73-98-104(93,94)100-77-81(75-95-82(87)68-63-58-53-48-42-39-27-24-21-18-15-12-8-3)102-85(90)71-66-61-56-51-46-45-47-52-57-62-67-78(5)9-4/h23,26,29,37,78-81,86H,6-22,24-25,27-28,30-36,38-77H2,1-5H3,(H,91,92)(H,93,94)/b26-23-,37-29-/t78?,79-,80-,81-/m1/s1. The number of aliphatic hydroxyl groups excluding tert-OH is 1. The van der Waals surface area contributed by atoms with E-state index < -0.39 is 97.5 Å². The molecule has 6 atom stereocenters. The molecule has 0 spiro atoms. The third kappa shape index (κ3) is 76.3. The molecule has 0 bridgehead atoms. The fraction of sp³-hybridized carbons (Fsp3) is 0.906. The van der Waals surface area contributed by atoms with Crippen LogP contribution in [0.25, 0.3) is 0 Å². The van der Waals surface area contributed by atoms with Crippen molar-refractivity contribution < 1.29 is 80.2 Å². The fourth-order valence-corrected chi connectivity index (χ4v) is 14.3. The molecule has 3 unspecified atom stereocenters. The predicted octanol–water partition coefficient (Wildman–Crippen LogP) is 25.5. The Morgan fingerprint density at radius 3 is 0.817 bits per heavy atom. The first-order valence-electron chi connectivity index (χ1n) is 43.5. The van der Waals surface area contributed by atoms with Crippen LogP contribution < -0.4 is 0 Å². The van der Waals surface area contributed by atoms with Crippen molar-refractivity contribution in [2.24, 2.45) is 5.92 Å². The number of ether oxygens (including phenoxy) is 4. The molecule has 104 heavy (non-hydrogen) atoms. The van der Waals surface area contributed by atoms with Crippen LogP contribution in [0.5, 0.6) is 0 Å². The van der Waals surface area contributed by atoms with Crippen LogP contribution in [0.4, 0.5) is 0 Å². The number of carbonyl (C=O) groups excluding carboxylic acids is 4. The largest absolute Gasteiger partial charge is 0.472 e. The third-order valence-electron chi connectivity index (χ3n) is 19.8. The zero-order valence-electron chi connectivity index (χ0n) is 67.7. The lowest BCUT2D eigenvalue weighted by molar-refractivity contribution is -0.161. The van der Waals surface area contributed by atoms with Gasteiger partial charge in [0.05, 0.1) is 26.4 Å². The molecular weight excluding hydrogens is 1350 g/mol. The Morgan fingerprint density at radius 1 is 0.308 bits per heavy atom. The summed E-state index contributed by atoms with van der Waals surface area (Å²) in [5, 5.41) is 10.7. The molecule has 0 aliphatic heterocycles. The van der Waals surface area contributed by atoms with Gasteiger partial charge in [0.1, 0.15) is 19.3 Å². The van der Waals surface area contributed by atoms with Crippen LogP contribution in [0.15, 0.2) is 24.3 Å². The molecular formula is C85H162O17P2. The van der Waals surface area contributed by atoms with Crippen LogP contribution in [0.1, 0.15) is 433 Å². The van der Waals surface area contributed by atoms with Crippen molar-refractivity contribution in [2.45, 2.75) is 451 Å². The van der Waals surface area contributed by atoms with Crippen molar-refractivity contribution in [1.29, 1.82) is 0 Å². The molecule has 0 aromatic carbocycles. The molecule has 19 heteroatoms. The number of hydrogen-bond acceptors (Lipinski definition) is 15. The number of esters is 4. The minimum absolute atomic E-state index is 0.102. The summed E-state index contributed by atoms with van der Waals surface area (Å²) < 4.78 is 68.8. The Labute approximate surface area is 637 Å². The maximum atomic E-state index is 13.1. The van der Waals surface area contributed by atoms with E-state index in [2.05, 4.69) is 58.9 Å². The number of allylic oxidation sites excluding steroid dienone is 4. The summed E-state index contributed by atoms with van der Waals surface area (Å²) in [5.74, 6) is -1.33. The number of carbonyl (C=O) groups is 4. The normalized spacial score (nSPS) is 14.2. The van der Waals surface area contributed by atoms with Gasteiger partial charge in [-0.25, -0.2) is 9.13 Å². The van der Waals surface area contributed by atoms with Gasteiger partial charge >= 0.3 is 39.5 Å². The Morgan fingerprint density at radius 2 is 0.538 bits per heavy atom. The smallest absolute Gasteiger partial charge is 0.462 e.